The highest BCUT2D eigenvalue weighted by atomic mass is 32.1. The lowest BCUT2D eigenvalue weighted by atomic mass is 9.89. The summed E-state index contributed by atoms with van der Waals surface area (Å²) in [6, 6.07) is 0.271. The van der Waals surface area contributed by atoms with Crippen LogP contribution in [0.15, 0.2) is 10.9 Å². The Bertz CT molecular complexity index is 606. The first kappa shape index (κ1) is 15.1. The van der Waals surface area contributed by atoms with Crippen molar-refractivity contribution < 1.29 is 14.3 Å². The third-order valence-corrected chi connectivity index (χ3v) is 5.86. The normalized spacial score (nSPS) is 31.3. The number of carbonyl (C=O) groups excluding carboxylic acids is 2. The van der Waals surface area contributed by atoms with Crippen LogP contribution in [0.4, 0.5) is 0 Å². The Morgan fingerprint density at radius 2 is 2.35 bits per heavy atom. The Morgan fingerprint density at radius 3 is 3.09 bits per heavy atom. The van der Waals surface area contributed by atoms with Crippen molar-refractivity contribution in [2.45, 2.75) is 43.7 Å². The average Bonchev–Trinajstić information content (AvgIpc) is 3.28. The van der Waals surface area contributed by atoms with Gasteiger partial charge in [0.05, 0.1) is 17.7 Å². The number of ether oxygens (including phenoxy) is 1. The van der Waals surface area contributed by atoms with Gasteiger partial charge in [-0.25, -0.2) is 4.98 Å². The van der Waals surface area contributed by atoms with Crippen LogP contribution >= 0.6 is 11.3 Å². The second kappa shape index (κ2) is 5.87. The van der Waals surface area contributed by atoms with Crippen LogP contribution in [0.1, 0.15) is 42.6 Å². The van der Waals surface area contributed by atoms with E-state index in [2.05, 4.69) is 4.98 Å². The largest absolute Gasteiger partial charge is 0.373 e. The second-order valence-corrected chi connectivity index (χ2v) is 7.44. The molecule has 0 unspecified atom stereocenters. The number of hydrogen-bond donors (Lipinski definition) is 0. The molecule has 3 aliphatic heterocycles. The maximum absolute atomic E-state index is 12.5. The predicted molar refractivity (Wildman–Crippen MR) is 85.3 cm³/mol. The molecule has 6 nitrogen and oxygen atoms in total. The van der Waals surface area contributed by atoms with Crippen molar-refractivity contribution in [2.75, 3.05) is 26.2 Å². The maximum atomic E-state index is 12.5. The summed E-state index contributed by atoms with van der Waals surface area (Å²) in [4.78, 5) is 32.5. The summed E-state index contributed by atoms with van der Waals surface area (Å²) in [7, 11) is 0. The zero-order valence-electron chi connectivity index (χ0n) is 13.1. The molecule has 2 amide bonds. The van der Waals surface area contributed by atoms with Gasteiger partial charge in [0, 0.05) is 37.5 Å². The molecule has 0 aliphatic carbocycles. The molecule has 3 saturated heterocycles. The lowest BCUT2D eigenvalue weighted by Crippen LogP contribution is -2.50. The number of carbonyl (C=O) groups is 2. The topological polar surface area (TPSA) is 62.7 Å². The van der Waals surface area contributed by atoms with Crippen LogP contribution in [0.3, 0.4) is 0 Å². The first-order chi connectivity index (χ1) is 11.2. The molecule has 4 heterocycles. The molecule has 0 radical (unpaired) electrons. The van der Waals surface area contributed by atoms with Gasteiger partial charge < -0.3 is 14.5 Å². The Balaban J connectivity index is 1.44. The number of thiazole rings is 1. The van der Waals surface area contributed by atoms with Gasteiger partial charge in [-0.2, -0.15) is 0 Å². The molecule has 4 rings (SSSR count). The van der Waals surface area contributed by atoms with Gasteiger partial charge in [0.15, 0.2) is 0 Å². The fourth-order valence-corrected chi connectivity index (χ4v) is 4.63. The third kappa shape index (κ3) is 2.76. The van der Waals surface area contributed by atoms with E-state index in [4.69, 9.17) is 4.74 Å². The minimum Gasteiger partial charge on any atom is -0.373 e. The first-order valence-corrected chi connectivity index (χ1v) is 9.22. The average molecular weight is 335 g/mol. The minimum atomic E-state index is -0.280. The second-order valence-electron chi connectivity index (χ2n) is 6.72. The van der Waals surface area contributed by atoms with Gasteiger partial charge in [-0.1, -0.05) is 0 Å². The zero-order chi connectivity index (χ0) is 15.9. The number of aromatic nitrogens is 1. The maximum Gasteiger partial charge on any atom is 0.273 e. The van der Waals surface area contributed by atoms with E-state index in [1.807, 2.05) is 9.80 Å². The van der Waals surface area contributed by atoms with E-state index in [1.165, 1.54) is 11.3 Å². The third-order valence-electron chi connectivity index (χ3n) is 5.27. The summed E-state index contributed by atoms with van der Waals surface area (Å²) in [6.45, 7) is 2.87. The van der Waals surface area contributed by atoms with Crippen LogP contribution < -0.4 is 0 Å². The lowest BCUT2D eigenvalue weighted by molar-refractivity contribution is -0.137. The monoisotopic (exact) mass is 335 g/mol. The molecule has 0 saturated carbocycles. The van der Waals surface area contributed by atoms with Crippen LogP contribution in [0.5, 0.6) is 0 Å². The van der Waals surface area contributed by atoms with Gasteiger partial charge in [-0.3, -0.25) is 9.59 Å². The summed E-state index contributed by atoms with van der Waals surface area (Å²) >= 11 is 1.44. The Kier molecular flexibility index (Phi) is 3.85. The van der Waals surface area contributed by atoms with E-state index in [-0.39, 0.29) is 23.5 Å². The van der Waals surface area contributed by atoms with E-state index in [9.17, 15) is 9.59 Å². The highest BCUT2D eigenvalue weighted by Gasteiger charge is 2.47. The molecule has 3 aliphatic rings. The van der Waals surface area contributed by atoms with Crippen LogP contribution in [-0.2, 0) is 9.53 Å². The number of hydrogen-bond acceptors (Lipinski definition) is 5. The standard InChI is InChI=1S/C16H21N3O3S/c20-14-2-1-5-19(14)12-3-7-22-16(8-12)4-6-18(10-16)15(21)13-9-23-11-17-13/h9,11-12H,1-8,10H2/t12-,16+/m1/s1. The van der Waals surface area contributed by atoms with Crippen LogP contribution in [-0.4, -0.2) is 64.5 Å². The summed E-state index contributed by atoms with van der Waals surface area (Å²) in [5, 5.41) is 1.79. The Morgan fingerprint density at radius 1 is 1.43 bits per heavy atom. The SMILES string of the molecule is O=C(c1cscn1)N1CC[C@]2(C[C@H](N3CCCC3=O)CCO2)C1. The molecule has 7 heteroatoms. The molecule has 1 spiro atoms. The fourth-order valence-electron chi connectivity index (χ4n) is 4.11. The molecular weight excluding hydrogens is 314 g/mol. The lowest BCUT2D eigenvalue weighted by Gasteiger charge is -2.41. The molecule has 23 heavy (non-hydrogen) atoms. The molecule has 0 bridgehead atoms. The number of likely N-dealkylation sites (tertiary alicyclic amines) is 2. The highest BCUT2D eigenvalue weighted by molar-refractivity contribution is 7.07. The van der Waals surface area contributed by atoms with Gasteiger partial charge >= 0.3 is 0 Å². The molecule has 1 aromatic rings. The summed E-state index contributed by atoms with van der Waals surface area (Å²) in [6.07, 6.45) is 4.25. The van der Waals surface area contributed by atoms with Crippen LogP contribution in [0.25, 0.3) is 0 Å². The Hall–Kier alpha value is -1.47. The summed E-state index contributed by atoms with van der Waals surface area (Å²) in [5.41, 5.74) is 1.93. The zero-order valence-corrected chi connectivity index (χ0v) is 13.9. The fraction of sp³-hybridized carbons (Fsp3) is 0.688. The van der Waals surface area contributed by atoms with E-state index in [1.54, 1.807) is 10.9 Å². The Labute approximate surface area is 139 Å². The van der Waals surface area contributed by atoms with Crippen molar-refractivity contribution in [3.8, 4) is 0 Å². The molecule has 1 aromatic heterocycles. The van der Waals surface area contributed by atoms with E-state index in [0.29, 0.717) is 31.8 Å². The molecular formula is C16H21N3O3S. The van der Waals surface area contributed by atoms with Gasteiger partial charge in [0.1, 0.15) is 5.69 Å². The van der Waals surface area contributed by atoms with Crippen molar-refractivity contribution in [3.05, 3.63) is 16.6 Å². The minimum absolute atomic E-state index is 0.00824. The van der Waals surface area contributed by atoms with Crippen LogP contribution in [0.2, 0.25) is 0 Å². The van der Waals surface area contributed by atoms with Crippen molar-refractivity contribution in [1.82, 2.24) is 14.8 Å². The first-order valence-electron chi connectivity index (χ1n) is 8.28. The molecule has 2 atom stereocenters. The van der Waals surface area contributed by atoms with E-state index < -0.39 is 0 Å². The van der Waals surface area contributed by atoms with Crippen molar-refractivity contribution in [1.29, 1.82) is 0 Å². The van der Waals surface area contributed by atoms with Crippen LogP contribution in [0, 0.1) is 0 Å². The number of amides is 2. The highest BCUT2D eigenvalue weighted by Crippen LogP contribution is 2.37. The van der Waals surface area contributed by atoms with Gasteiger partial charge in [-0.05, 0) is 25.7 Å². The van der Waals surface area contributed by atoms with E-state index >= 15 is 0 Å². The van der Waals surface area contributed by atoms with Crippen molar-refractivity contribution in [2.24, 2.45) is 0 Å². The van der Waals surface area contributed by atoms with E-state index in [0.717, 1.165) is 32.2 Å². The van der Waals surface area contributed by atoms with Gasteiger partial charge in [0.25, 0.3) is 5.91 Å². The summed E-state index contributed by atoms with van der Waals surface area (Å²) < 4.78 is 6.10. The van der Waals surface area contributed by atoms with Crippen molar-refractivity contribution in [3.63, 3.8) is 0 Å². The molecule has 3 fully saturated rings. The summed E-state index contributed by atoms with van der Waals surface area (Å²) in [5.74, 6) is 0.270. The quantitative estimate of drug-likeness (QED) is 0.822. The van der Waals surface area contributed by atoms with Gasteiger partial charge in [-0.15, -0.1) is 11.3 Å². The smallest absolute Gasteiger partial charge is 0.273 e. The number of rotatable bonds is 2. The van der Waals surface area contributed by atoms with Crippen molar-refractivity contribution >= 4 is 23.2 Å². The molecule has 124 valence electrons. The molecule has 0 N–H and O–H groups in total. The molecule has 0 aromatic carbocycles. The predicted octanol–water partition coefficient (Wildman–Crippen LogP) is 1.53. The number of nitrogens with zero attached hydrogens (tertiary/aromatic N) is 3. The van der Waals surface area contributed by atoms with Gasteiger partial charge in [0.2, 0.25) is 5.91 Å².